The van der Waals surface area contributed by atoms with Crippen LogP contribution in [-0.2, 0) is 0 Å². The van der Waals surface area contributed by atoms with Gasteiger partial charge in [-0.2, -0.15) is 0 Å². The Morgan fingerprint density at radius 2 is 1.94 bits per heavy atom. The molecule has 1 aromatic carbocycles. The predicted molar refractivity (Wildman–Crippen MR) is 65.6 cm³/mol. The minimum atomic E-state index is -0.0619. The molecule has 4 nitrogen and oxygen atoms in total. The minimum absolute atomic E-state index is 0.0619. The smallest absolute Gasteiger partial charge is 0.199 e. The molecule has 1 N–H and O–H groups in total. The Hall–Kier alpha value is -1.97. The lowest BCUT2D eigenvalue weighted by Crippen LogP contribution is -2.19. The molecule has 2 aromatic rings. The zero-order valence-electron chi connectivity index (χ0n) is 9.35. The molecule has 0 aliphatic carbocycles. The highest BCUT2D eigenvalue weighted by atomic mass is 16.4. The molecule has 0 amide bonds. The number of hydrogen-bond donors (Lipinski definition) is 1. The van der Waals surface area contributed by atoms with Gasteiger partial charge in [-0.25, -0.2) is 0 Å². The molecule has 3 rings (SSSR count). The van der Waals surface area contributed by atoms with Crippen molar-refractivity contribution in [3.05, 3.63) is 34.5 Å². The van der Waals surface area contributed by atoms with Gasteiger partial charge in [-0.05, 0) is 25.0 Å². The second kappa shape index (κ2) is 3.80. The fraction of sp³-hybridized carbons (Fsp3) is 0.308. The Morgan fingerprint density at radius 1 is 1.18 bits per heavy atom. The van der Waals surface area contributed by atoms with E-state index in [-0.39, 0.29) is 11.2 Å². The summed E-state index contributed by atoms with van der Waals surface area (Å²) < 4.78 is 5.67. The Labute approximate surface area is 98.1 Å². The molecule has 1 fully saturated rings. The van der Waals surface area contributed by atoms with Crippen molar-refractivity contribution in [2.45, 2.75) is 12.8 Å². The van der Waals surface area contributed by atoms with E-state index in [0.717, 1.165) is 25.9 Å². The van der Waals surface area contributed by atoms with Crippen molar-refractivity contribution < 1.29 is 9.52 Å². The molecule has 17 heavy (non-hydrogen) atoms. The zero-order valence-corrected chi connectivity index (χ0v) is 9.35. The molecule has 1 aliphatic heterocycles. The number of nitrogens with zero attached hydrogens (tertiary/aromatic N) is 1. The molecule has 0 atom stereocenters. The number of rotatable bonds is 1. The average molecular weight is 231 g/mol. The van der Waals surface area contributed by atoms with E-state index in [1.54, 1.807) is 6.07 Å². The summed E-state index contributed by atoms with van der Waals surface area (Å²) in [5.74, 6) is 0.713. The largest absolute Gasteiger partial charge is 0.508 e. The van der Waals surface area contributed by atoms with Crippen LogP contribution in [0, 0.1) is 0 Å². The highest BCUT2D eigenvalue weighted by molar-refractivity contribution is 5.79. The van der Waals surface area contributed by atoms with Crippen LogP contribution in [0.15, 0.2) is 33.5 Å². The summed E-state index contributed by atoms with van der Waals surface area (Å²) in [6, 6.07) is 6.10. The van der Waals surface area contributed by atoms with Crippen LogP contribution < -0.4 is 10.3 Å². The topological polar surface area (TPSA) is 53.7 Å². The van der Waals surface area contributed by atoms with Gasteiger partial charge in [0.25, 0.3) is 0 Å². The molecule has 1 saturated heterocycles. The quantitative estimate of drug-likeness (QED) is 0.816. The first-order valence-electron chi connectivity index (χ1n) is 5.76. The molecule has 2 heterocycles. The highest BCUT2D eigenvalue weighted by Crippen LogP contribution is 2.24. The van der Waals surface area contributed by atoms with Crippen molar-refractivity contribution in [1.82, 2.24) is 0 Å². The summed E-state index contributed by atoms with van der Waals surface area (Å²) in [7, 11) is 0. The number of aromatic hydroxyl groups is 1. The fourth-order valence-electron chi connectivity index (χ4n) is 2.22. The number of hydrogen-bond acceptors (Lipinski definition) is 4. The molecule has 0 radical (unpaired) electrons. The van der Waals surface area contributed by atoms with E-state index in [4.69, 9.17) is 4.42 Å². The van der Waals surface area contributed by atoms with Gasteiger partial charge in [-0.15, -0.1) is 0 Å². The van der Waals surface area contributed by atoms with E-state index in [0.29, 0.717) is 16.9 Å². The number of phenols is 1. The molecule has 1 aliphatic rings. The van der Waals surface area contributed by atoms with Gasteiger partial charge in [-0.1, -0.05) is 0 Å². The second-order valence-corrected chi connectivity index (χ2v) is 4.32. The normalized spacial score (nSPS) is 15.6. The summed E-state index contributed by atoms with van der Waals surface area (Å²) in [6.07, 6.45) is 2.25. The van der Waals surface area contributed by atoms with Crippen LogP contribution in [0.4, 0.5) is 5.88 Å². The van der Waals surface area contributed by atoms with Crippen LogP contribution in [0.2, 0.25) is 0 Å². The fourth-order valence-corrected chi connectivity index (χ4v) is 2.22. The van der Waals surface area contributed by atoms with Crippen LogP contribution in [-0.4, -0.2) is 18.2 Å². The van der Waals surface area contributed by atoms with Gasteiger partial charge in [0.1, 0.15) is 11.3 Å². The number of phenolic OH excluding ortho intramolecular Hbond substituents is 1. The van der Waals surface area contributed by atoms with Gasteiger partial charge in [0.2, 0.25) is 0 Å². The SMILES string of the molecule is O=c1cc(N2CCCC2)oc2cc(O)ccc12. The van der Waals surface area contributed by atoms with E-state index in [2.05, 4.69) is 4.90 Å². The maximum absolute atomic E-state index is 11.9. The highest BCUT2D eigenvalue weighted by Gasteiger charge is 2.16. The van der Waals surface area contributed by atoms with Gasteiger partial charge >= 0.3 is 0 Å². The van der Waals surface area contributed by atoms with Crippen LogP contribution in [0.5, 0.6) is 5.75 Å². The Bertz CT molecular complexity index is 612. The first-order chi connectivity index (χ1) is 8.24. The van der Waals surface area contributed by atoms with Crippen molar-refractivity contribution in [2.75, 3.05) is 18.0 Å². The predicted octanol–water partition coefficient (Wildman–Crippen LogP) is 2.10. The average Bonchev–Trinajstić information content (AvgIpc) is 2.81. The molecular weight excluding hydrogens is 218 g/mol. The van der Waals surface area contributed by atoms with Crippen LogP contribution in [0.25, 0.3) is 11.0 Å². The third-order valence-corrected chi connectivity index (χ3v) is 3.12. The minimum Gasteiger partial charge on any atom is -0.508 e. The summed E-state index contributed by atoms with van der Waals surface area (Å²) >= 11 is 0. The van der Waals surface area contributed by atoms with Gasteiger partial charge in [0, 0.05) is 25.2 Å². The molecule has 1 aromatic heterocycles. The lowest BCUT2D eigenvalue weighted by atomic mass is 10.2. The number of benzene rings is 1. The van der Waals surface area contributed by atoms with E-state index in [1.165, 1.54) is 18.2 Å². The number of anilines is 1. The van der Waals surface area contributed by atoms with Crippen molar-refractivity contribution in [2.24, 2.45) is 0 Å². The molecule has 0 spiro atoms. The first kappa shape index (κ1) is 10.2. The third-order valence-electron chi connectivity index (χ3n) is 3.12. The van der Waals surface area contributed by atoms with Crippen molar-refractivity contribution in [3.8, 4) is 5.75 Å². The van der Waals surface area contributed by atoms with Crippen molar-refractivity contribution in [3.63, 3.8) is 0 Å². The van der Waals surface area contributed by atoms with Gasteiger partial charge in [-0.3, -0.25) is 4.79 Å². The second-order valence-electron chi connectivity index (χ2n) is 4.32. The van der Waals surface area contributed by atoms with E-state index >= 15 is 0 Å². The first-order valence-corrected chi connectivity index (χ1v) is 5.76. The van der Waals surface area contributed by atoms with Crippen LogP contribution in [0.1, 0.15) is 12.8 Å². The Kier molecular flexibility index (Phi) is 2.28. The summed E-state index contributed by atoms with van der Waals surface area (Å²) in [5.41, 5.74) is 0.382. The molecular formula is C13H13NO3. The Morgan fingerprint density at radius 3 is 2.71 bits per heavy atom. The van der Waals surface area contributed by atoms with Gasteiger partial charge < -0.3 is 14.4 Å². The monoisotopic (exact) mass is 231 g/mol. The lowest BCUT2D eigenvalue weighted by molar-refractivity contribution is 0.474. The molecule has 0 saturated carbocycles. The van der Waals surface area contributed by atoms with Crippen molar-refractivity contribution >= 4 is 16.9 Å². The molecule has 0 bridgehead atoms. The summed E-state index contributed by atoms with van der Waals surface area (Å²) in [4.78, 5) is 14.0. The molecule has 4 heteroatoms. The van der Waals surface area contributed by atoms with Crippen molar-refractivity contribution in [1.29, 1.82) is 0 Å². The van der Waals surface area contributed by atoms with E-state index < -0.39 is 0 Å². The molecule has 88 valence electrons. The standard InChI is InChI=1S/C13H13NO3/c15-9-3-4-10-11(16)8-13(17-12(10)7-9)14-5-1-2-6-14/h3-4,7-8,15H,1-2,5-6H2. The van der Waals surface area contributed by atoms with E-state index in [1.807, 2.05) is 0 Å². The summed E-state index contributed by atoms with van der Waals surface area (Å²) in [5, 5.41) is 9.91. The lowest BCUT2D eigenvalue weighted by Gasteiger charge is -2.15. The van der Waals surface area contributed by atoms with Gasteiger partial charge in [0.15, 0.2) is 11.3 Å². The van der Waals surface area contributed by atoms with Crippen LogP contribution >= 0.6 is 0 Å². The maximum atomic E-state index is 11.9. The third kappa shape index (κ3) is 1.75. The van der Waals surface area contributed by atoms with Gasteiger partial charge in [0.05, 0.1) is 5.39 Å². The maximum Gasteiger partial charge on any atom is 0.199 e. The van der Waals surface area contributed by atoms with E-state index in [9.17, 15) is 9.90 Å². The zero-order chi connectivity index (χ0) is 11.8. The summed E-state index contributed by atoms with van der Waals surface area (Å²) in [6.45, 7) is 1.85. The Balaban J connectivity index is 2.18. The molecule has 0 unspecified atom stereocenters. The number of fused-ring (bicyclic) bond motifs is 1. The van der Waals surface area contributed by atoms with Crippen LogP contribution in [0.3, 0.4) is 0 Å².